The first kappa shape index (κ1) is 15.6. The molecule has 1 amide bonds. The lowest BCUT2D eigenvalue weighted by molar-refractivity contribution is -0.386. The monoisotopic (exact) mass is 374 g/mol. The molecule has 2 N–H and O–H groups in total. The molecule has 0 spiro atoms. The Morgan fingerprint density at radius 1 is 1.62 bits per heavy atom. The topological polar surface area (TPSA) is 110 Å². The smallest absolute Gasteiger partial charge is 0.311 e. The molecule has 0 aliphatic rings. The third kappa shape index (κ3) is 4.09. The van der Waals surface area contributed by atoms with E-state index in [1.54, 1.807) is 0 Å². The van der Waals surface area contributed by atoms with Crippen molar-refractivity contribution in [1.82, 2.24) is 10.3 Å². The summed E-state index contributed by atoms with van der Waals surface area (Å²) in [6, 6.07) is 1.27. The standard InChI is InChI=1S/C11H11BrN4O4S/c1-6-10(12)21-11(14-6)15-9(17)5-13-4-8-7(16(18)19)2-3-20-8/h2-3,13H,4-5H2,1H3,(H,14,15,17). The number of rotatable bonds is 6. The normalized spacial score (nSPS) is 10.6. The van der Waals surface area contributed by atoms with Gasteiger partial charge in [-0.1, -0.05) is 11.3 Å². The van der Waals surface area contributed by atoms with E-state index in [2.05, 4.69) is 31.5 Å². The van der Waals surface area contributed by atoms with Gasteiger partial charge in [-0.2, -0.15) is 0 Å². The van der Waals surface area contributed by atoms with Gasteiger partial charge in [0.25, 0.3) is 0 Å². The number of anilines is 1. The van der Waals surface area contributed by atoms with E-state index in [4.69, 9.17) is 4.42 Å². The molecule has 0 saturated carbocycles. The lowest BCUT2D eigenvalue weighted by Gasteiger charge is -2.02. The lowest BCUT2D eigenvalue weighted by Crippen LogP contribution is -2.27. The molecule has 0 aliphatic carbocycles. The second-order valence-electron chi connectivity index (χ2n) is 4.02. The van der Waals surface area contributed by atoms with Crippen molar-refractivity contribution in [2.75, 3.05) is 11.9 Å². The Balaban J connectivity index is 1.81. The molecule has 0 saturated heterocycles. The number of halogens is 1. The number of amides is 1. The van der Waals surface area contributed by atoms with E-state index in [1.807, 2.05) is 6.92 Å². The Labute approximate surface area is 131 Å². The molecule has 2 aromatic heterocycles. The Kier molecular flexibility index (Phi) is 5.04. The maximum atomic E-state index is 11.7. The maximum absolute atomic E-state index is 11.7. The van der Waals surface area contributed by atoms with Gasteiger partial charge >= 0.3 is 5.69 Å². The predicted octanol–water partition coefficient (Wildman–Crippen LogP) is 2.44. The van der Waals surface area contributed by atoms with Crippen LogP contribution in [0.3, 0.4) is 0 Å². The molecule has 2 rings (SSSR count). The number of nitrogens with one attached hydrogen (secondary N) is 2. The average molecular weight is 375 g/mol. The summed E-state index contributed by atoms with van der Waals surface area (Å²) >= 11 is 4.64. The number of carbonyl (C=O) groups is 1. The molecule has 10 heteroatoms. The third-order valence-electron chi connectivity index (χ3n) is 2.48. The van der Waals surface area contributed by atoms with Crippen LogP contribution in [0.4, 0.5) is 10.8 Å². The molecule has 112 valence electrons. The van der Waals surface area contributed by atoms with Crippen LogP contribution in [0, 0.1) is 17.0 Å². The van der Waals surface area contributed by atoms with Gasteiger partial charge in [-0.3, -0.25) is 14.9 Å². The number of thiazole rings is 1. The van der Waals surface area contributed by atoms with Gasteiger partial charge in [-0.15, -0.1) is 0 Å². The molecule has 0 aromatic carbocycles. The summed E-state index contributed by atoms with van der Waals surface area (Å²) in [5.41, 5.74) is 0.692. The first-order chi connectivity index (χ1) is 9.97. The molecule has 21 heavy (non-hydrogen) atoms. The molecule has 0 aliphatic heterocycles. The van der Waals surface area contributed by atoms with Crippen molar-refractivity contribution in [2.24, 2.45) is 0 Å². The van der Waals surface area contributed by atoms with Crippen molar-refractivity contribution in [1.29, 1.82) is 0 Å². The van der Waals surface area contributed by atoms with Crippen LogP contribution < -0.4 is 10.6 Å². The number of furan rings is 1. The number of nitro groups is 1. The van der Waals surface area contributed by atoms with Crippen LogP contribution in [0.5, 0.6) is 0 Å². The highest BCUT2D eigenvalue weighted by Crippen LogP contribution is 2.27. The SMILES string of the molecule is Cc1nc(NC(=O)CNCc2occc2[N+](=O)[O-])sc1Br. The van der Waals surface area contributed by atoms with Crippen LogP contribution in [-0.2, 0) is 11.3 Å². The highest BCUT2D eigenvalue weighted by Gasteiger charge is 2.17. The molecular formula is C11H11BrN4O4S. The van der Waals surface area contributed by atoms with E-state index in [9.17, 15) is 14.9 Å². The number of carbonyl (C=O) groups excluding carboxylic acids is 1. The van der Waals surface area contributed by atoms with Gasteiger partial charge in [0, 0.05) is 0 Å². The first-order valence-electron chi connectivity index (χ1n) is 5.81. The van der Waals surface area contributed by atoms with Gasteiger partial charge in [-0.05, 0) is 22.9 Å². The Bertz CT molecular complexity index is 649. The van der Waals surface area contributed by atoms with Gasteiger partial charge in [0.2, 0.25) is 5.91 Å². The molecule has 0 atom stereocenters. The van der Waals surface area contributed by atoms with Crippen LogP contribution in [0.2, 0.25) is 0 Å². The second-order valence-corrected chi connectivity index (χ2v) is 6.33. The molecule has 2 aromatic rings. The van der Waals surface area contributed by atoms with Crippen molar-refractivity contribution in [3.05, 3.63) is 37.7 Å². The van der Waals surface area contributed by atoms with Crippen molar-refractivity contribution in [2.45, 2.75) is 13.5 Å². The predicted molar refractivity (Wildman–Crippen MR) is 80.2 cm³/mol. The summed E-state index contributed by atoms with van der Waals surface area (Å²) in [7, 11) is 0. The summed E-state index contributed by atoms with van der Waals surface area (Å²) < 4.78 is 5.85. The Morgan fingerprint density at radius 2 is 2.38 bits per heavy atom. The fourth-order valence-corrected chi connectivity index (χ4v) is 2.77. The van der Waals surface area contributed by atoms with Crippen LogP contribution in [0.25, 0.3) is 0 Å². The highest BCUT2D eigenvalue weighted by atomic mass is 79.9. The number of nitrogens with zero attached hydrogens (tertiary/aromatic N) is 2. The van der Waals surface area contributed by atoms with Gasteiger partial charge in [0.1, 0.15) is 0 Å². The minimum absolute atomic E-state index is 0.00585. The Hall–Kier alpha value is -1.78. The zero-order chi connectivity index (χ0) is 15.4. The second kappa shape index (κ2) is 6.78. The molecule has 0 fully saturated rings. The fourth-order valence-electron chi connectivity index (χ4n) is 1.51. The molecular weight excluding hydrogens is 364 g/mol. The summed E-state index contributed by atoms with van der Waals surface area (Å²) in [6.45, 7) is 1.91. The maximum Gasteiger partial charge on any atom is 0.311 e. The van der Waals surface area contributed by atoms with Crippen molar-refractivity contribution in [3.63, 3.8) is 0 Å². The van der Waals surface area contributed by atoms with Gasteiger partial charge in [0.05, 0.1) is 39.8 Å². The van der Waals surface area contributed by atoms with Crippen molar-refractivity contribution < 1.29 is 14.1 Å². The van der Waals surface area contributed by atoms with E-state index in [0.29, 0.717) is 5.13 Å². The summed E-state index contributed by atoms with van der Waals surface area (Å²) in [5, 5.41) is 16.6. The first-order valence-corrected chi connectivity index (χ1v) is 7.42. The molecule has 8 nitrogen and oxygen atoms in total. The summed E-state index contributed by atoms with van der Waals surface area (Å²) in [4.78, 5) is 26.0. The summed E-state index contributed by atoms with van der Waals surface area (Å²) in [5.74, 6) is -0.105. The molecule has 2 heterocycles. The van der Waals surface area contributed by atoms with Crippen LogP contribution in [0.15, 0.2) is 20.5 Å². The zero-order valence-electron chi connectivity index (χ0n) is 10.9. The van der Waals surface area contributed by atoms with Crippen molar-refractivity contribution >= 4 is 44.0 Å². The number of hydrogen-bond donors (Lipinski definition) is 2. The number of aromatic nitrogens is 1. The van der Waals surface area contributed by atoms with E-state index >= 15 is 0 Å². The quantitative estimate of drug-likeness (QED) is 0.593. The van der Waals surface area contributed by atoms with Gasteiger partial charge in [-0.25, -0.2) is 4.98 Å². The van der Waals surface area contributed by atoms with E-state index in [-0.39, 0.29) is 30.4 Å². The third-order valence-corrected chi connectivity index (χ3v) is 4.40. The van der Waals surface area contributed by atoms with Crippen LogP contribution >= 0.6 is 27.3 Å². The number of hydrogen-bond acceptors (Lipinski definition) is 7. The van der Waals surface area contributed by atoms with Crippen LogP contribution in [-0.4, -0.2) is 22.4 Å². The number of aryl methyl sites for hydroxylation is 1. The highest BCUT2D eigenvalue weighted by molar-refractivity contribution is 9.11. The van der Waals surface area contributed by atoms with Crippen LogP contribution in [0.1, 0.15) is 11.5 Å². The van der Waals surface area contributed by atoms with Crippen molar-refractivity contribution in [3.8, 4) is 0 Å². The lowest BCUT2D eigenvalue weighted by atomic mass is 10.4. The molecule has 0 radical (unpaired) electrons. The zero-order valence-corrected chi connectivity index (χ0v) is 13.3. The largest absolute Gasteiger partial charge is 0.461 e. The minimum Gasteiger partial charge on any atom is -0.461 e. The van der Waals surface area contributed by atoms with E-state index < -0.39 is 4.92 Å². The van der Waals surface area contributed by atoms with Gasteiger partial charge in [0.15, 0.2) is 10.9 Å². The minimum atomic E-state index is -0.531. The molecule has 0 bridgehead atoms. The molecule has 0 unspecified atom stereocenters. The van der Waals surface area contributed by atoms with E-state index in [0.717, 1.165) is 9.48 Å². The fraction of sp³-hybridized carbons (Fsp3) is 0.273. The van der Waals surface area contributed by atoms with E-state index in [1.165, 1.54) is 23.7 Å². The Morgan fingerprint density at radius 3 is 3.00 bits per heavy atom. The van der Waals surface area contributed by atoms with Gasteiger partial charge < -0.3 is 15.1 Å². The summed E-state index contributed by atoms with van der Waals surface area (Å²) in [6.07, 6.45) is 1.24. The average Bonchev–Trinajstić information content (AvgIpc) is 2.97.